The second-order valence-corrected chi connectivity index (χ2v) is 9.34. The summed E-state index contributed by atoms with van der Waals surface area (Å²) in [6, 6.07) is 16.8. The number of rotatable bonds is 4. The number of anilines is 2. The first-order valence-electron chi connectivity index (χ1n) is 11.8. The number of fused-ring (bicyclic) bond motifs is 1. The first-order chi connectivity index (χ1) is 17.6. The number of aromatic nitrogens is 5. The molecule has 2 aliphatic rings. The molecular weight excluding hydrogens is 480 g/mol. The summed E-state index contributed by atoms with van der Waals surface area (Å²) < 4.78 is 1.66. The van der Waals surface area contributed by atoms with E-state index in [9.17, 15) is 9.59 Å². The summed E-state index contributed by atoms with van der Waals surface area (Å²) in [7, 11) is 0. The van der Waals surface area contributed by atoms with Crippen LogP contribution in [0.15, 0.2) is 60.9 Å². The van der Waals surface area contributed by atoms with Crippen molar-refractivity contribution in [3.63, 3.8) is 0 Å². The molecule has 6 rings (SSSR count). The Morgan fingerprint density at radius 1 is 0.917 bits per heavy atom. The predicted molar refractivity (Wildman–Crippen MR) is 135 cm³/mol. The Bertz CT molecular complexity index is 1420. The molecule has 10 nitrogen and oxygen atoms in total. The van der Waals surface area contributed by atoms with Crippen LogP contribution in [0.4, 0.5) is 11.5 Å². The zero-order valence-corrected chi connectivity index (χ0v) is 20.1. The fourth-order valence-corrected chi connectivity index (χ4v) is 4.98. The smallest absolute Gasteiger partial charge is 0.228 e. The number of carbonyl (C=O) groups excluding carboxylic acids is 2. The molecular formula is C25H23ClN8O2. The highest BCUT2D eigenvalue weighted by molar-refractivity contribution is 6.30. The summed E-state index contributed by atoms with van der Waals surface area (Å²) in [5.41, 5.74) is 2.85. The molecule has 1 atom stereocenters. The number of para-hydroxylation sites is 1. The molecule has 182 valence electrons. The van der Waals surface area contributed by atoms with E-state index in [1.165, 1.54) is 6.33 Å². The van der Waals surface area contributed by atoms with Crippen LogP contribution in [0.5, 0.6) is 0 Å². The quantitative estimate of drug-likeness (QED) is 0.423. The third-order valence-corrected chi connectivity index (χ3v) is 6.97. The lowest BCUT2D eigenvalue weighted by Gasteiger charge is -2.36. The van der Waals surface area contributed by atoms with Gasteiger partial charge in [-0.25, -0.2) is 9.97 Å². The van der Waals surface area contributed by atoms with Gasteiger partial charge in [0, 0.05) is 49.9 Å². The molecule has 2 aromatic heterocycles. The van der Waals surface area contributed by atoms with Gasteiger partial charge in [-0.1, -0.05) is 35.0 Å². The topological polar surface area (TPSA) is 100 Å². The fraction of sp³-hybridized carbons (Fsp3) is 0.280. The molecule has 0 bridgehead atoms. The predicted octanol–water partition coefficient (Wildman–Crippen LogP) is 2.57. The van der Waals surface area contributed by atoms with Crippen molar-refractivity contribution in [2.24, 2.45) is 5.92 Å². The average Bonchev–Trinajstić information content (AvgIpc) is 3.53. The zero-order chi connectivity index (χ0) is 24.6. The average molecular weight is 503 g/mol. The lowest BCUT2D eigenvalue weighted by molar-refractivity contribution is -0.136. The molecule has 2 saturated heterocycles. The molecule has 36 heavy (non-hydrogen) atoms. The molecule has 2 amide bonds. The number of amides is 2. The van der Waals surface area contributed by atoms with E-state index in [1.807, 2.05) is 47.4 Å². The van der Waals surface area contributed by atoms with Crippen molar-refractivity contribution in [2.45, 2.75) is 6.42 Å². The van der Waals surface area contributed by atoms with Crippen LogP contribution in [0, 0.1) is 5.92 Å². The molecule has 2 aromatic carbocycles. The summed E-state index contributed by atoms with van der Waals surface area (Å²) in [5.74, 6) is 0.390. The third kappa shape index (κ3) is 4.03. The highest BCUT2D eigenvalue weighted by atomic mass is 35.5. The summed E-state index contributed by atoms with van der Waals surface area (Å²) in [6.07, 6.45) is 1.75. The number of nitrogens with zero attached hydrogens (tertiary/aromatic N) is 8. The van der Waals surface area contributed by atoms with E-state index >= 15 is 0 Å². The summed E-state index contributed by atoms with van der Waals surface area (Å²) in [4.78, 5) is 40.3. The highest BCUT2D eigenvalue weighted by Crippen LogP contribution is 2.28. The van der Waals surface area contributed by atoms with Gasteiger partial charge in [-0.15, -0.1) is 5.10 Å². The van der Waals surface area contributed by atoms with Gasteiger partial charge in [0.15, 0.2) is 17.0 Å². The van der Waals surface area contributed by atoms with Crippen LogP contribution >= 0.6 is 11.6 Å². The Kier molecular flexibility index (Phi) is 5.73. The van der Waals surface area contributed by atoms with Crippen LogP contribution < -0.4 is 9.80 Å². The minimum Gasteiger partial charge on any atom is -0.351 e. The van der Waals surface area contributed by atoms with Crippen molar-refractivity contribution in [1.29, 1.82) is 0 Å². The monoisotopic (exact) mass is 502 g/mol. The maximum Gasteiger partial charge on any atom is 0.228 e. The maximum absolute atomic E-state index is 13.2. The summed E-state index contributed by atoms with van der Waals surface area (Å²) in [5, 5.41) is 9.26. The van der Waals surface area contributed by atoms with Crippen molar-refractivity contribution in [3.8, 4) is 5.69 Å². The molecule has 0 saturated carbocycles. The normalized spacial score (nSPS) is 18.3. The lowest BCUT2D eigenvalue weighted by Crippen LogP contribution is -2.51. The van der Waals surface area contributed by atoms with Crippen molar-refractivity contribution < 1.29 is 9.59 Å². The highest BCUT2D eigenvalue weighted by Gasteiger charge is 2.38. The molecule has 2 fully saturated rings. The molecule has 0 spiro atoms. The summed E-state index contributed by atoms with van der Waals surface area (Å²) >= 11 is 6.01. The first-order valence-corrected chi connectivity index (χ1v) is 12.2. The molecule has 11 heteroatoms. The van der Waals surface area contributed by atoms with Gasteiger partial charge in [-0.2, -0.15) is 4.68 Å². The van der Waals surface area contributed by atoms with Crippen molar-refractivity contribution in [1.82, 2.24) is 29.9 Å². The summed E-state index contributed by atoms with van der Waals surface area (Å²) in [6.45, 7) is 2.73. The minimum atomic E-state index is -0.325. The van der Waals surface area contributed by atoms with Gasteiger partial charge in [0.1, 0.15) is 6.33 Å². The molecule has 4 heterocycles. The van der Waals surface area contributed by atoms with E-state index in [4.69, 9.17) is 11.6 Å². The van der Waals surface area contributed by atoms with Crippen molar-refractivity contribution >= 4 is 46.1 Å². The van der Waals surface area contributed by atoms with E-state index in [0.717, 1.165) is 11.4 Å². The lowest BCUT2D eigenvalue weighted by atomic mass is 10.1. The van der Waals surface area contributed by atoms with E-state index in [1.54, 1.807) is 21.7 Å². The van der Waals surface area contributed by atoms with Crippen LogP contribution in [0.2, 0.25) is 5.02 Å². The molecule has 1 unspecified atom stereocenters. The van der Waals surface area contributed by atoms with E-state index in [2.05, 4.69) is 25.2 Å². The zero-order valence-electron chi connectivity index (χ0n) is 19.4. The van der Waals surface area contributed by atoms with Gasteiger partial charge in [0.25, 0.3) is 0 Å². The Labute approximate surface area is 212 Å². The maximum atomic E-state index is 13.2. The number of carbonyl (C=O) groups is 2. The van der Waals surface area contributed by atoms with Gasteiger partial charge in [-0.05, 0) is 36.4 Å². The van der Waals surface area contributed by atoms with Gasteiger partial charge < -0.3 is 14.7 Å². The number of hydrogen-bond acceptors (Lipinski definition) is 7. The molecule has 0 radical (unpaired) electrons. The number of piperazine rings is 1. The standard InChI is InChI=1S/C25H23ClN8O2/c26-18-6-8-20(9-7-18)34-24-22(29-30-34)23(27-16-28-24)31-10-12-32(13-11-31)25(36)17-14-21(35)33(15-17)19-4-2-1-3-5-19/h1-9,16-17H,10-15H2. The van der Waals surface area contributed by atoms with Crippen LogP contribution in [0.3, 0.4) is 0 Å². The number of hydrogen-bond donors (Lipinski definition) is 0. The van der Waals surface area contributed by atoms with Gasteiger partial charge in [-0.3, -0.25) is 9.59 Å². The molecule has 4 aromatic rings. The van der Waals surface area contributed by atoms with Crippen LogP contribution in [0.1, 0.15) is 6.42 Å². The van der Waals surface area contributed by atoms with E-state index < -0.39 is 0 Å². The number of halogens is 1. The van der Waals surface area contributed by atoms with Gasteiger partial charge in [0.2, 0.25) is 11.8 Å². The second kappa shape index (κ2) is 9.19. The minimum absolute atomic E-state index is 0.00895. The molecule has 0 aliphatic carbocycles. The Balaban J connectivity index is 1.14. The first kappa shape index (κ1) is 22.4. The van der Waals surface area contributed by atoms with Crippen LogP contribution in [-0.2, 0) is 9.59 Å². The van der Waals surface area contributed by atoms with Crippen LogP contribution in [-0.4, -0.2) is 74.4 Å². The fourth-order valence-electron chi connectivity index (χ4n) is 4.85. The van der Waals surface area contributed by atoms with Crippen molar-refractivity contribution in [3.05, 3.63) is 65.9 Å². The molecule has 0 N–H and O–H groups in total. The Hall–Kier alpha value is -4.05. The Morgan fingerprint density at radius 3 is 2.42 bits per heavy atom. The van der Waals surface area contributed by atoms with E-state index in [0.29, 0.717) is 54.7 Å². The SMILES string of the molecule is O=C(C1CC(=O)N(c2ccccc2)C1)N1CCN(c2ncnc3c2nnn3-c2ccc(Cl)cc2)CC1. The van der Waals surface area contributed by atoms with Crippen LogP contribution in [0.25, 0.3) is 16.9 Å². The third-order valence-electron chi connectivity index (χ3n) is 6.72. The number of benzene rings is 2. The van der Waals surface area contributed by atoms with Gasteiger partial charge in [0.05, 0.1) is 11.6 Å². The van der Waals surface area contributed by atoms with Gasteiger partial charge >= 0.3 is 0 Å². The van der Waals surface area contributed by atoms with Crippen molar-refractivity contribution in [2.75, 3.05) is 42.5 Å². The molecule has 2 aliphatic heterocycles. The van der Waals surface area contributed by atoms with E-state index in [-0.39, 0.29) is 24.2 Å². The Morgan fingerprint density at radius 2 is 1.67 bits per heavy atom. The largest absolute Gasteiger partial charge is 0.351 e. The second-order valence-electron chi connectivity index (χ2n) is 8.90.